The van der Waals surface area contributed by atoms with Gasteiger partial charge < -0.3 is 15.8 Å². The van der Waals surface area contributed by atoms with Crippen LogP contribution in [-0.4, -0.2) is 24.7 Å². The van der Waals surface area contributed by atoms with Gasteiger partial charge in [0.2, 0.25) is 0 Å². The summed E-state index contributed by atoms with van der Waals surface area (Å²) in [7, 11) is 0. The largest absolute Gasteiger partial charge is 0.383 e. The zero-order chi connectivity index (χ0) is 14.8. The summed E-state index contributed by atoms with van der Waals surface area (Å²) in [6.07, 6.45) is 1.91. The third-order valence-corrected chi connectivity index (χ3v) is 4.74. The van der Waals surface area contributed by atoms with E-state index in [-0.39, 0.29) is 6.10 Å². The van der Waals surface area contributed by atoms with Crippen molar-refractivity contribution < 1.29 is 4.74 Å². The highest BCUT2D eigenvalue weighted by atomic mass is 79.9. The van der Waals surface area contributed by atoms with E-state index in [0.29, 0.717) is 5.82 Å². The molecule has 1 aliphatic rings. The number of morpholine rings is 1. The van der Waals surface area contributed by atoms with E-state index in [4.69, 9.17) is 10.5 Å². The minimum atomic E-state index is 0.129. The molecule has 2 heterocycles. The van der Waals surface area contributed by atoms with Gasteiger partial charge in [-0.25, -0.2) is 4.98 Å². The Morgan fingerprint density at radius 1 is 1.33 bits per heavy atom. The van der Waals surface area contributed by atoms with E-state index in [1.807, 2.05) is 6.92 Å². The van der Waals surface area contributed by atoms with Gasteiger partial charge in [-0.3, -0.25) is 0 Å². The fraction of sp³-hybridized carbons (Fsp3) is 0.312. The summed E-state index contributed by atoms with van der Waals surface area (Å²) in [6, 6.07) is 8.35. The van der Waals surface area contributed by atoms with Gasteiger partial charge in [-0.05, 0) is 39.5 Å². The van der Waals surface area contributed by atoms with Gasteiger partial charge in [0.1, 0.15) is 5.82 Å². The van der Waals surface area contributed by atoms with E-state index < -0.39 is 0 Å². The summed E-state index contributed by atoms with van der Waals surface area (Å²) in [5.41, 5.74) is 10.3. The zero-order valence-corrected chi connectivity index (χ0v) is 13.5. The van der Waals surface area contributed by atoms with Crippen LogP contribution in [0.2, 0.25) is 0 Å². The number of ether oxygens (including phenoxy) is 1. The quantitative estimate of drug-likeness (QED) is 0.876. The standard InChI is InChI=1S/C16H18BrN3O/c1-10-8-20-16(18)14(15(10)17)12-4-2-11(3-5-12)13-9-19-6-7-21-13/h2-5,8,13,19H,6-7,9H2,1H3,(H2,18,20). The topological polar surface area (TPSA) is 60.2 Å². The fourth-order valence-electron chi connectivity index (χ4n) is 2.52. The predicted molar refractivity (Wildman–Crippen MR) is 88.1 cm³/mol. The summed E-state index contributed by atoms with van der Waals surface area (Å²) >= 11 is 3.61. The molecule has 1 aromatic carbocycles. The van der Waals surface area contributed by atoms with Crippen LogP contribution in [0, 0.1) is 6.92 Å². The van der Waals surface area contributed by atoms with E-state index >= 15 is 0 Å². The van der Waals surface area contributed by atoms with Crippen molar-refractivity contribution in [3.05, 3.63) is 46.1 Å². The predicted octanol–water partition coefficient (Wildman–Crippen LogP) is 3.06. The molecule has 1 aromatic heterocycles. The highest BCUT2D eigenvalue weighted by Gasteiger charge is 2.16. The molecule has 0 amide bonds. The smallest absolute Gasteiger partial charge is 0.132 e. The van der Waals surface area contributed by atoms with E-state index in [1.165, 1.54) is 5.56 Å². The maximum atomic E-state index is 6.03. The first-order valence-electron chi connectivity index (χ1n) is 7.00. The number of pyridine rings is 1. The number of nitrogen functional groups attached to an aromatic ring is 1. The molecular formula is C16H18BrN3O. The second-order valence-corrected chi connectivity index (χ2v) is 5.99. The first kappa shape index (κ1) is 14.5. The lowest BCUT2D eigenvalue weighted by atomic mass is 10.0. The van der Waals surface area contributed by atoms with Crippen LogP contribution in [0.5, 0.6) is 0 Å². The van der Waals surface area contributed by atoms with Crippen LogP contribution in [0.25, 0.3) is 11.1 Å². The minimum absolute atomic E-state index is 0.129. The molecule has 0 bridgehead atoms. The Balaban J connectivity index is 1.92. The van der Waals surface area contributed by atoms with Crippen LogP contribution in [0.4, 0.5) is 5.82 Å². The molecule has 3 rings (SSSR count). The number of rotatable bonds is 2. The minimum Gasteiger partial charge on any atom is -0.383 e. The molecule has 0 saturated carbocycles. The summed E-state index contributed by atoms with van der Waals surface area (Å²) in [5, 5.41) is 3.34. The Morgan fingerprint density at radius 2 is 2.10 bits per heavy atom. The lowest BCUT2D eigenvalue weighted by Gasteiger charge is -2.24. The molecule has 0 radical (unpaired) electrons. The van der Waals surface area contributed by atoms with Gasteiger partial charge in [0.25, 0.3) is 0 Å². The van der Waals surface area contributed by atoms with Gasteiger partial charge >= 0.3 is 0 Å². The normalized spacial score (nSPS) is 18.7. The van der Waals surface area contributed by atoms with Gasteiger partial charge in [0.15, 0.2) is 0 Å². The zero-order valence-electron chi connectivity index (χ0n) is 11.9. The van der Waals surface area contributed by atoms with Gasteiger partial charge in [-0.15, -0.1) is 0 Å². The van der Waals surface area contributed by atoms with Crippen molar-refractivity contribution in [3.63, 3.8) is 0 Å². The molecule has 110 valence electrons. The average Bonchev–Trinajstić information content (AvgIpc) is 2.53. The Morgan fingerprint density at radius 3 is 2.76 bits per heavy atom. The monoisotopic (exact) mass is 347 g/mol. The Labute approximate surface area is 132 Å². The van der Waals surface area contributed by atoms with Crippen LogP contribution in [0.15, 0.2) is 34.9 Å². The third kappa shape index (κ3) is 2.95. The first-order valence-corrected chi connectivity index (χ1v) is 7.79. The Bertz CT molecular complexity index is 637. The maximum absolute atomic E-state index is 6.03. The maximum Gasteiger partial charge on any atom is 0.132 e. The molecule has 1 aliphatic heterocycles. The lowest BCUT2D eigenvalue weighted by molar-refractivity contribution is 0.0277. The van der Waals surface area contributed by atoms with E-state index in [9.17, 15) is 0 Å². The van der Waals surface area contributed by atoms with Crippen LogP contribution >= 0.6 is 15.9 Å². The van der Waals surface area contributed by atoms with Crippen molar-refractivity contribution in [3.8, 4) is 11.1 Å². The number of hydrogen-bond acceptors (Lipinski definition) is 4. The Hall–Kier alpha value is -1.43. The van der Waals surface area contributed by atoms with E-state index in [1.54, 1.807) is 6.20 Å². The van der Waals surface area contributed by atoms with Crippen LogP contribution in [0.3, 0.4) is 0 Å². The van der Waals surface area contributed by atoms with Crippen molar-refractivity contribution in [2.75, 3.05) is 25.4 Å². The number of nitrogens with zero attached hydrogens (tertiary/aromatic N) is 1. The van der Waals surface area contributed by atoms with Gasteiger partial charge in [-0.1, -0.05) is 24.3 Å². The molecule has 1 fully saturated rings. The van der Waals surface area contributed by atoms with Crippen LogP contribution in [0.1, 0.15) is 17.2 Å². The number of hydrogen-bond donors (Lipinski definition) is 2. The number of anilines is 1. The number of nitrogens with one attached hydrogen (secondary N) is 1. The lowest BCUT2D eigenvalue weighted by Crippen LogP contribution is -2.33. The molecule has 1 saturated heterocycles. The fourth-order valence-corrected chi connectivity index (χ4v) is 3.05. The molecule has 2 aromatic rings. The van der Waals surface area contributed by atoms with Crippen molar-refractivity contribution in [1.82, 2.24) is 10.3 Å². The average molecular weight is 348 g/mol. The van der Waals surface area contributed by atoms with Crippen molar-refractivity contribution in [2.45, 2.75) is 13.0 Å². The van der Waals surface area contributed by atoms with Crippen LogP contribution < -0.4 is 11.1 Å². The van der Waals surface area contributed by atoms with E-state index in [2.05, 4.69) is 50.5 Å². The second-order valence-electron chi connectivity index (χ2n) is 5.20. The molecule has 1 atom stereocenters. The molecule has 3 N–H and O–H groups in total. The Kier molecular flexibility index (Phi) is 4.24. The molecule has 1 unspecified atom stereocenters. The molecule has 4 nitrogen and oxygen atoms in total. The number of benzene rings is 1. The summed E-state index contributed by atoms with van der Waals surface area (Å²) < 4.78 is 6.77. The van der Waals surface area contributed by atoms with E-state index in [0.717, 1.165) is 40.9 Å². The highest BCUT2D eigenvalue weighted by molar-refractivity contribution is 9.10. The van der Waals surface area contributed by atoms with Gasteiger partial charge in [0, 0.05) is 29.3 Å². The van der Waals surface area contributed by atoms with Crippen LogP contribution in [-0.2, 0) is 4.74 Å². The molecule has 0 spiro atoms. The highest BCUT2D eigenvalue weighted by Crippen LogP contribution is 2.35. The van der Waals surface area contributed by atoms with Crippen molar-refractivity contribution in [2.24, 2.45) is 0 Å². The summed E-state index contributed by atoms with van der Waals surface area (Å²) in [4.78, 5) is 4.24. The second kappa shape index (κ2) is 6.13. The molecule has 21 heavy (non-hydrogen) atoms. The summed E-state index contributed by atoms with van der Waals surface area (Å²) in [5.74, 6) is 0.538. The number of nitrogens with two attached hydrogens (primary N) is 1. The summed E-state index contributed by atoms with van der Waals surface area (Å²) in [6.45, 7) is 4.55. The van der Waals surface area contributed by atoms with Gasteiger partial charge in [-0.2, -0.15) is 0 Å². The van der Waals surface area contributed by atoms with Crippen molar-refractivity contribution in [1.29, 1.82) is 0 Å². The molecule has 0 aliphatic carbocycles. The SMILES string of the molecule is Cc1cnc(N)c(-c2ccc(C3CNCCO3)cc2)c1Br. The molecular weight excluding hydrogens is 330 g/mol. The van der Waals surface area contributed by atoms with Crippen molar-refractivity contribution >= 4 is 21.7 Å². The third-order valence-electron chi connectivity index (χ3n) is 3.72. The number of halogens is 1. The number of aromatic nitrogens is 1. The number of aryl methyl sites for hydroxylation is 1. The molecule has 5 heteroatoms. The first-order chi connectivity index (χ1) is 10.2. The van der Waals surface area contributed by atoms with Gasteiger partial charge in [0.05, 0.1) is 12.7 Å².